The van der Waals surface area contributed by atoms with E-state index in [1.54, 1.807) is 42.5 Å². The number of amides is 1. The lowest BCUT2D eigenvalue weighted by molar-refractivity contribution is -0.115. The van der Waals surface area contributed by atoms with Crippen molar-refractivity contribution in [2.75, 3.05) is 0 Å². The number of phenols is 1. The molecule has 0 saturated carbocycles. The van der Waals surface area contributed by atoms with Gasteiger partial charge in [0.25, 0.3) is 5.91 Å². The minimum atomic E-state index is -0.336. The van der Waals surface area contributed by atoms with Gasteiger partial charge in [-0.25, -0.2) is 9.38 Å². The summed E-state index contributed by atoms with van der Waals surface area (Å²) < 4.78 is 14.9. The van der Waals surface area contributed by atoms with Crippen molar-refractivity contribution in [1.82, 2.24) is 9.88 Å². The molecule has 1 aliphatic heterocycles. The van der Waals surface area contributed by atoms with Crippen LogP contribution in [0.4, 0.5) is 10.1 Å². The number of aromatic hydroxyl groups is 1. The lowest BCUT2D eigenvalue weighted by Gasteiger charge is -2.06. The summed E-state index contributed by atoms with van der Waals surface area (Å²) in [6.07, 6.45) is 3.66. The Morgan fingerprint density at radius 3 is 2.56 bits per heavy atom. The summed E-state index contributed by atoms with van der Waals surface area (Å²) in [6.45, 7) is 0. The maximum absolute atomic E-state index is 13.0. The topological polar surface area (TPSA) is 66.6 Å². The van der Waals surface area contributed by atoms with E-state index >= 15 is 0 Å². The number of aliphatic imine (C=N–C) groups is 1. The van der Waals surface area contributed by atoms with Crippen LogP contribution in [0.1, 0.15) is 5.69 Å². The summed E-state index contributed by atoms with van der Waals surface area (Å²) >= 11 is 1.23. The first-order valence-corrected chi connectivity index (χ1v) is 8.92. The van der Waals surface area contributed by atoms with Crippen LogP contribution in [0.2, 0.25) is 0 Å². The Morgan fingerprint density at radius 1 is 1.07 bits per heavy atom. The highest BCUT2D eigenvalue weighted by Crippen LogP contribution is 2.29. The third-order valence-corrected chi connectivity index (χ3v) is 4.81. The smallest absolute Gasteiger partial charge is 0.264 e. The number of carbonyl (C=O) groups excluding carboxylic acids is 1. The summed E-state index contributed by atoms with van der Waals surface area (Å²) in [5.41, 5.74) is 2.25. The average molecular weight is 379 g/mol. The van der Waals surface area contributed by atoms with Crippen LogP contribution in [0.3, 0.4) is 0 Å². The Labute approximate surface area is 158 Å². The lowest BCUT2D eigenvalue weighted by atomic mass is 10.3. The van der Waals surface area contributed by atoms with Crippen molar-refractivity contribution in [3.8, 4) is 11.4 Å². The number of carbonyl (C=O) groups is 1. The molecule has 27 heavy (non-hydrogen) atoms. The molecular weight excluding hydrogens is 365 g/mol. The number of aromatic nitrogens is 1. The number of hydrogen-bond acceptors (Lipinski definition) is 4. The van der Waals surface area contributed by atoms with E-state index in [1.807, 2.05) is 22.9 Å². The molecule has 1 fully saturated rings. The molecule has 0 aliphatic carbocycles. The molecule has 1 amide bonds. The van der Waals surface area contributed by atoms with Crippen molar-refractivity contribution >= 4 is 34.6 Å². The Balaban J connectivity index is 1.60. The van der Waals surface area contributed by atoms with E-state index in [0.29, 0.717) is 15.8 Å². The van der Waals surface area contributed by atoms with Crippen molar-refractivity contribution in [3.05, 3.63) is 83.3 Å². The molecule has 1 aliphatic rings. The number of amidine groups is 1. The quantitative estimate of drug-likeness (QED) is 0.670. The molecule has 0 spiro atoms. The van der Waals surface area contributed by atoms with E-state index in [1.165, 1.54) is 23.9 Å². The number of hydrogen-bond donors (Lipinski definition) is 2. The number of nitrogens with zero attached hydrogens (tertiary/aromatic N) is 2. The summed E-state index contributed by atoms with van der Waals surface area (Å²) in [7, 11) is 0. The molecule has 4 rings (SSSR count). The molecule has 134 valence electrons. The maximum atomic E-state index is 13.0. The second kappa shape index (κ2) is 7.13. The summed E-state index contributed by atoms with van der Waals surface area (Å²) in [5, 5.41) is 12.6. The van der Waals surface area contributed by atoms with Crippen molar-refractivity contribution in [1.29, 1.82) is 0 Å². The SMILES string of the molecule is O=C1NC(=Nc2ccc(F)cc2)SC1=Cc1cccn1-c1ccc(O)cc1. The Kier molecular flexibility index (Phi) is 4.52. The first-order valence-electron chi connectivity index (χ1n) is 8.10. The van der Waals surface area contributed by atoms with Crippen LogP contribution in [0, 0.1) is 5.82 Å². The zero-order valence-corrected chi connectivity index (χ0v) is 14.8. The number of nitrogens with one attached hydrogen (secondary N) is 1. The molecule has 2 heterocycles. The zero-order chi connectivity index (χ0) is 18.8. The Hall–Kier alpha value is -3.32. The van der Waals surface area contributed by atoms with Gasteiger partial charge in [-0.3, -0.25) is 4.79 Å². The molecule has 1 aromatic heterocycles. The highest BCUT2D eigenvalue weighted by Gasteiger charge is 2.24. The molecule has 0 unspecified atom stereocenters. The fourth-order valence-electron chi connectivity index (χ4n) is 2.61. The molecule has 2 aromatic carbocycles. The first kappa shape index (κ1) is 17.1. The van der Waals surface area contributed by atoms with Crippen LogP contribution < -0.4 is 5.32 Å². The number of benzene rings is 2. The van der Waals surface area contributed by atoms with E-state index in [9.17, 15) is 14.3 Å². The second-order valence-electron chi connectivity index (χ2n) is 5.78. The van der Waals surface area contributed by atoms with E-state index in [2.05, 4.69) is 10.3 Å². The molecule has 7 heteroatoms. The summed E-state index contributed by atoms with van der Waals surface area (Å²) in [4.78, 5) is 17.1. The molecular formula is C20H14FN3O2S. The fourth-order valence-corrected chi connectivity index (χ4v) is 3.43. The highest BCUT2D eigenvalue weighted by atomic mass is 32.2. The Morgan fingerprint density at radius 2 is 1.81 bits per heavy atom. The third-order valence-electron chi connectivity index (χ3n) is 3.90. The monoisotopic (exact) mass is 379 g/mol. The van der Waals surface area contributed by atoms with Gasteiger partial charge in [-0.1, -0.05) is 0 Å². The Bertz CT molecular complexity index is 1050. The molecule has 0 bridgehead atoms. The molecule has 3 aromatic rings. The van der Waals surface area contributed by atoms with Gasteiger partial charge in [0.05, 0.1) is 10.6 Å². The van der Waals surface area contributed by atoms with Crippen molar-refractivity contribution in [2.45, 2.75) is 0 Å². The molecule has 0 radical (unpaired) electrons. The maximum Gasteiger partial charge on any atom is 0.264 e. The van der Waals surface area contributed by atoms with E-state index < -0.39 is 0 Å². The van der Waals surface area contributed by atoms with Gasteiger partial charge in [0.15, 0.2) is 5.17 Å². The van der Waals surface area contributed by atoms with Gasteiger partial charge >= 0.3 is 0 Å². The minimum absolute atomic E-state index is 0.193. The molecule has 5 nitrogen and oxygen atoms in total. The van der Waals surface area contributed by atoms with Crippen LogP contribution >= 0.6 is 11.8 Å². The van der Waals surface area contributed by atoms with Gasteiger partial charge in [-0.2, -0.15) is 0 Å². The largest absolute Gasteiger partial charge is 0.508 e. The molecule has 0 atom stereocenters. The van der Waals surface area contributed by atoms with E-state index in [-0.39, 0.29) is 17.5 Å². The minimum Gasteiger partial charge on any atom is -0.508 e. The lowest BCUT2D eigenvalue weighted by Crippen LogP contribution is -2.19. The fraction of sp³-hybridized carbons (Fsp3) is 0. The molecule has 1 saturated heterocycles. The van der Waals surface area contributed by atoms with Crippen molar-refractivity contribution in [2.24, 2.45) is 4.99 Å². The van der Waals surface area contributed by atoms with Crippen molar-refractivity contribution < 1.29 is 14.3 Å². The summed E-state index contributed by atoms with van der Waals surface area (Å²) in [5.74, 6) is -0.380. The van der Waals surface area contributed by atoms with Gasteiger partial charge in [0.1, 0.15) is 11.6 Å². The molecule has 2 N–H and O–H groups in total. The number of thioether (sulfide) groups is 1. The average Bonchev–Trinajstić information content (AvgIpc) is 3.25. The van der Waals surface area contributed by atoms with Gasteiger partial charge in [-0.05, 0) is 78.5 Å². The van der Waals surface area contributed by atoms with E-state index in [4.69, 9.17) is 0 Å². The first-order chi connectivity index (χ1) is 13.1. The predicted molar refractivity (Wildman–Crippen MR) is 105 cm³/mol. The highest BCUT2D eigenvalue weighted by molar-refractivity contribution is 8.18. The third kappa shape index (κ3) is 3.78. The normalized spacial score (nSPS) is 16.9. The van der Waals surface area contributed by atoms with Crippen LogP contribution in [0.15, 0.2) is 76.8 Å². The standard InChI is InChI=1S/C20H14FN3O2S/c21-13-3-5-14(6-4-13)22-20-23-19(26)18(27-20)12-16-2-1-11-24(16)15-7-9-17(25)10-8-15/h1-12,25H,(H,22,23,26). The zero-order valence-electron chi connectivity index (χ0n) is 14.0. The van der Waals surface area contributed by atoms with Gasteiger partial charge in [0, 0.05) is 17.6 Å². The summed E-state index contributed by atoms with van der Waals surface area (Å²) in [6, 6.07) is 16.3. The second-order valence-corrected chi connectivity index (χ2v) is 6.81. The van der Waals surface area contributed by atoms with E-state index in [0.717, 1.165) is 11.4 Å². The number of halogens is 1. The van der Waals surface area contributed by atoms with Gasteiger partial charge in [0.2, 0.25) is 0 Å². The van der Waals surface area contributed by atoms with Gasteiger partial charge < -0.3 is 15.0 Å². The number of phenolic OH excluding ortho intramolecular Hbond substituents is 1. The van der Waals surface area contributed by atoms with Crippen LogP contribution in [-0.2, 0) is 4.79 Å². The van der Waals surface area contributed by atoms with Crippen LogP contribution in [0.5, 0.6) is 5.75 Å². The van der Waals surface area contributed by atoms with Crippen LogP contribution in [0.25, 0.3) is 11.8 Å². The van der Waals surface area contributed by atoms with Crippen molar-refractivity contribution in [3.63, 3.8) is 0 Å². The predicted octanol–water partition coefficient (Wildman–Crippen LogP) is 4.21. The van der Waals surface area contributed by atoms with Crippen LogP contribution in [-0.4, -0.2) is 20.7 Å². The van der Waals surface area contributed by atoms with Gasteiger partial charge in [-0.15, -0.1) is 0 Å². The number of rotatable bonds is 3.